The number of hydrogen-bond donors (Lipinski definition) is 1. The van der Waals surface area contributed by atoms with Crippen LogP contribution in [0, 0.1) is 0 Å². The van der Waals surface area contributed by atoms with Crippen molar-refractivity contribution in [3.05, 3.63) is 16.5 Å². The highest BCUT2D eigenvalue weighted by molar-refractivity contribution is 7.93. The van der Waals surface area contributed by atoms with Crippen molar-refractivity contribution in [2.45, 2.75) is 4.21 Å². The van der Waals surface area contributed by atoms with Crippen LogP contribution in [0.4, 0.5) is 0 Å². The second kappa shape index (κ2) is 3.74. The van der Waals surface area contributed by atoms with Gasteiger partial charge in [0.25, 0.3) is 0 Å². The smallest absolute Gasteiger partial charge is 0.189 e. The highest BCUT2D eigenvalue weighted by Gasteiger charge is 2.15. The van der Waals surface area contributed by atoms with E-state index >= 15 is 0 Å². The Hall–Kier alpha value is -0.100. The van der Waals surface area contributed by atoms with Gasteiger partial charge in [-0.15, -0.1) is 11.3 Å². The largest absolute Gasteiger partial charge is 0.329 e. The second-order valence-electron chi connectivity index (χ2n) is 2.17. The predicted molar refractivity (Wildman–Crippen MR) is 50.4 cm³/mol. The summed E-state index contributed by atoms with van der Waals surface area (Å²) in [4.78, 5) is 0. The number of rotatable bonds is 3. The first-order valence-electron chi connectivity index (χ1n) is 3.24. The second-order valence-corrected chi connectivity index (χ2v) is 6.22. The van der Waals surface area contributed by atoms with Gasteiger partial charge >= 0.3 is 0 Å². The zero-order chi connectivity index (χ0) is 9.19. The van der Waals surface area contributed by atoms with Crippen molar-refractivity contribution in [2.75, 3.05) is 12.3 Å². The third-order valence-electron chi connectivity index (χ3n) is 1.24. The standard InChI is InChI=1S/C6H8ClNO2S2/c7-5-1-2-6(11-5)12(9,10)4-3-8/h1-2H,3-4,8H2. The molecule has 0 aliphatic rings. The minimum absolute atomic E-state index is 0.0240. The van der Waals surface area contributed by atoms with Gasteiger partial charge in [0.05, 0.1) is 10.1 Å². The van der Waals surface area contributed by atoms with E-state index < -0.39 is 9.84 Å². The lowest BCUT2D eigenvalue weighted by Crippen LogP contribution is -2.14. The highest BCUT2D eigenvalue weighted by atomic mass is 35.5. The summed E-state index contributed by atoms with van der Waals surface area (Å²) >= 11 is 6.65. The van der Waals surface area contributed by atoms with Gasteiger partial charge in [-0.1, -0.05) is 11.6 Å². The minimum Gasteiger partial charge on any atom is -0.329 e. The highest BCUT2D eigenvalue weighted by Crippen LogP contribution is 2.25. The molecular weight excluding hydrogens is 218 g/mol. The molecule has 0 fully saturated rings. The predicted octanol–water partition coefficient (Wildman–Crippen LogP) is 1.13. The van der Waals surface area contributed by atoms with E-state index in [1.165, 1.54) is 6.07 Å². The van der Waals surface area contributed by atoms with E-state index in [-0.39, 0.29) is 16.5 Å². The summed E-state index contributed by atoms with van der Waals surface area (Å²) in [6.07, 6.45) is 0. The minimum atomic E-state index is -3.18. The molecule has 0 amide bonds. The lowest BCUT2D eigenvalue weighted by Gasteiger charge is -1.96. The molecule has 0 spiro atoms. The van der Waals surface area contributed by atoms with Crippen LogP contribution in [0.3, 0.4) is 0 Å². The molecule has 0 aliphatic heterocycles. The maximum absolute atomic E-state index is 11.3. The summed E-state index contributed by atoms with van der Waals surface area (Å²) in [7, 11) is -3.18. The average molecular weight is 226 g/mol. The van der Waals surface area contributed by atoms with Crippen LogP contribution in [-0.4, -0.2) is 20.7 Å². The zero-order valence-electron chi connectivity index (χ0n) is 6.16. The summed E-state index contributed by atoms with van der Waals surface area (Å²) in [5.74, 6) is -0.0240. The lowest BCUT2D eigenvalue weighted by molar-refractivity contribution is 0.598. The molecule has 0 atom stereocenters. The van der Waals surface area contributed by atoms with Gasteiger partial charge in [0.2, 0.25) is 0 Å². The molecule has 2 N–H and O–H groups in total. The van der Waals surface area contributed by atoms with Crippen molar-refractivity contribution in [3.8, 4) is 0 Å². The van der Waals surface area contributed by atoms with Gasteiger partial charge in [-0.05, 0) is 12.1 Å². The normalized spacial score (nSPS) is 11.8. The summed E-state index contributed by atoms with van der Waals surface area (Å²) < 4.78 is 23.4. The Labute approximate surface area is 80.1 Å². The molecule has 0 radical (unpaired) electrons. The van der Waals surface area contributed by atoms with Crippen LogP contribution in [0.2, 0.25) is 4.34 Å². The molecule has 6 heteroatoms. The molecule has 12 heavy (non-hydrogen) atoms. The number of thiophene rings is 1. The number of sulfone groups is 1. The topological polar surface area (TPSA) is 60.2 Å². The van der Waals surface area contributed by atoms with Crippen LogP contribution in [0.15, 0.2) is 16.3 Å². The molecule has 1 heterocycles. The van der Waals surface area contributed by atoms with E-state index in [4.69, 9.17) is 17.3 Å². The molecule has 0 aliphatic carbocycles. The monoisotopic (exact) mass is 225 g/mol. The van der Waals surface area contributed by atoms with Crippen LogP contribution in [0.1, 0.15) is 0 Å². The molecule has 0 aromatic carbocycles. The Morgan fingerprint density at radius 3 is 2.58 bits per heavy atom. The lowest BCUT2D eigenvalue weighted by atomic mass is 10.7. The molecule has 0 saturated heterocycles. The van der Waals surface area contributed by atoms with E-state index in [9.17, 15) is 8.42 Å². The maximum Gasteiger partial charge on any atom is 0.189 e. The van der Waals surface area contributed by atoms with Crippen molar-refractivity contribution in [1.29, 1.82) is 0 Å². The van der Waals surface area contributed by atoms with E-state index in [1.807, 2.05) is 0 Å². The van der Waals surface area contributed by atoms with Gasteiger partial charge in [0, 0.05) is 6.54 Å². The van der Waals surface area contributed by atoms with E-state index in [2.05, 4.69) is 0 Å². The third kappa shape index (κ3) is 2.20. The Morgan fingerprint density at radius 2 is 2.17 bits per heavy atom. The molecule has 68 valence electrons. The number of halogens is 1. The SMILES string of the molecule is NCCS(=O)(=O)c1ccc(Cl)s1. The van der Waals surface area contributed by atoms with Crippen molar-refractivity contribution in [3.63, 3.8) is 0 Å². The van der Waals surface area contributed by atoms with Gasteiger partial charge in [-0.3, -0.25) is 0 Å². The van der Waals surface area contributed by atoms with Gasteiger partial charge in [-0.2, -0.15) is 0 Å². The summed E-state index contributed by atoms with van der Waals surface area (Å²) in [6.45, 7) is 0.137. The van der Waals surface area contributed by atoms with Crippen LogP contribution in [0.25, 0.3) is 0 Å². The number of nitrogens with two attached hydrogens (primary N) is 1. The Balaban J connectivity index is 2.98. The van der Waals surface area contributed by atoms with Crippen molar-refractivity contribution >= 4 is 32.8 Å². The van der Waals surface area contributed by atoms with Crippen molar-refractivity contribution in [2.24, 2.45) is 5.73 Å². The fraction of sp³-hybridized carbons (Fsp3) is 0.333. The summed E-state index contributed by atoms with van der Waals surface area (Å²) in [6, 6.07) is 3.06. The van der Waals surface area contributed by atoms with Crippen LogP contribution >= 0.6 is 22.9 Å². The first-order chi connectivity index (χ1) is 5.56. The average Bonchev–Trinajstić information content (AvgIpc) is 2.36. The van der Waals surface area contributed by atoms with Gasteiger partial charge in [-0.25, -0.2) is 8.42 Å². The van der Waals surface area contributed by atoms with E-state index in [0.717, 1.165) is 11.3 Å². The molecule has 1 aromatic rings. The Morgan fingerprint density at radius 1 is 1.50 bits per heavy atom. The summed E-state index contributed by atoms with van der Waals surface area (Å²) in [5.41, 5.74) is 5.15. The van der Waals surface area contributed by atoms with E-state index in [1.54, 1.807) is 6.07 Å². The first kappa shape index (κ1) is 9.98. The molecule has 0 bridgehead atoms. The zero-order valence-corrected chi connectivity index (χ0v) is 8.55. The molecule has 1 rings (SSSR count). The quantitative estimate of drug-likeness (QED) is 0.839. The van der Waals surface area contributed by atoms with E-state index in [0.29, 0.717) is 4.34 Å². The van der Waals surface area contributed by atoms with Crippen LogP contribution in [0.5, 0.6) is 0 Å². The molecule has 0 unspecified atom stereocenters. The van der Waals surface area contributed by atoms with Crippen molar-refractivity contribution in [1.82, 2.24) is 0 Å². The molecule has 1 aromatic heterocycles. The third-order valence-corrected chi connectivity index (χ3v) is 4.80. The number of hydrogen-bond acceptors (Lipinski definition) is 4. The van der Waals surface area contributed by atoms with Crippen LogP contribution in [-0.2, 0) is 9.84 Å². The Bertz CT molecular complexity index is 357. The fourth-order valence-electron chi connectivity index (χ4n) is 0.721. The van der Waals surface area contributed by atoms with Gasteiger partial charge in [0.1, 0.15) is 4.21 Å². The van der Waals surface area contributed by atoms with Crippen molar-refractivity contribution < 1.29 is 8.42 Å². The summed E-state index contributed by atoms with van der Waals surface area (Å²) in [5, 5.41) is 0. The first-order valence-corrected chi connectivity index (χ1v) is 6.09. The molecule has 0 saturated carbocycles. The molecular formula is C6H8ClNO2S2. The van der Waals surface area contributed by atoms with Gasteiger partial charge in [0.15, 0.2) is 9.84 Å². The Kier molecular flexibility index (Phi) is 3.11. The van der Waals surface area contributed by atoms with Crippen LogP contribution < -0.4 is 5.73 Å². The fourth-order valence-corrected chi connectivity index (χ4v) is 3.45. The van der Waals surface area contributed by atoms with Gasteiger partial charge < -0.3 is 5.73 Å². The molecule has 3 nitrogen and oxygen atoms in total. The maximum atomic E-state index is 11.3.